The Kier molecular flexibility index (Phi) is 3.06. The third kappa shape index (κ3) is 3.04. The van der Waals surface area contributed by atoms with Crippen LogP contribution in [-0.4, -0.2) is 27.1 Å². The Labute approximate surface area is 110 Å². The van der Waals surface area contributed by atoms with Gasteiger partial charge in [0.25, 0.3) is 5.91 Å². The SMILES string of the molecule is O=C(Nc1ccc(NC2CC2)nn1)c1cccnc1. The molecule has 1 amide bonds. The Hall–Kier alpha value is -2.50. The van der Waals surface area contributed by atoms with E-state index in [0.29, 0.717) is 17.4 Å². The van der Waals surface area contributed by atoms with Crippen LogP contribution in [0, 0.1) is 0 Å². The Morgan fingerprint density at radius 1 is 1.16 bits per heavy atom. The lowest BCUT2D eigenvalue weighted by Crippen LogP contribution is -2.14. The molecule has 0 radical (unpaired) electrons. The van der Waals surface area contributed by atoms with Gasteiger partial charge in [-0.3, -0.25) is 9.78 Å². The van der Waals surface area contributed by atoms with Crippen molar-refractivity contribution in [2.24, 2.45) is 0 Å². The van der Waals surface area contributed by atoms with E-state index >= 15 is 0 Å². The van der Waals surface area contributed by atoms with Gasteiger partial charge in [0, 0.05) is 18.4 Å². The van der Waals surface area contributed by atoms with Crippen LogP contribution in [0.25, 0.3) is 0 Å². The molecule has 3 rings (SSSR count). The molecular weight excluding hydrogens is 242 g/mol. The van der Waals surface area contributed by atoms with Gasteiger partial charge in [0.2, 0.25) is 0 Å². The number of carbonyl (C=O) groups is 1. The van der Waals surface area contributed by atoms with Crippen LogP contribution in [0.1, 0.15) is 23.2 Å². The highest BCUT2D eigenvalue weighted by Gasteiger charge is 2.21. The van der Waals surface area contributed by atoms with Crippen LogP contribution in [0.4, 0.5) is 11.6 Å². The second kappa shape index (κ2) is 5.01. The Morgan fingerprint density at radius 3 is 2.58 bits per heavy atom. The summed E-state index contributed by atoms with van der Waals surface area (Å²) >= 11 is 0. The van der Waals surface area contributed by atoms with E-state index in [1.165, 1.54) is 19.0 Å². The molecule has 1 fully saturated rings. The summed E-state index contributed by atoms with van der Waals surface area (Å²) in [5.74, 6) is 0.919. The highest BCUT2D eigenvalue weighted by molar-refractivity contribution is 6.03. The first-order chi connectivity index (χ1) is 9.31. The molecule has 0 bridgehead atoms. The lowest BCUT2D eigenvalue weighted by Gasteiger charge is -2.05. The van der Waals surface area contributed by atoms with E-state index in [2.05, 4.69) is 25.8 Å². The topological polar surface area (TPSA) is 79.8 Å². The molecule has 6 nitrogen and oxygen atoms in total. The number of nitrogens with zero attached hydrogens (tertiary/aromatic N) is 3. The predicted octanol–water partition coefficient (Wildman–Crippen LogP) is 1.70. The quantitative estimate of drug-likeness (QED) is 0.869. The van der Waals surface area contributed by atoms with Crippen molar-refractivity contribution in [3.8, 4) is 0 Å². The van der Waals surface area contributed by atoms with Gasteiger partial charge < -0.3 is 10.6 Å². The molecule has 2 aromatic heterocycles. The second-order valence-electron chi connectivity index (χ2n) is 4.42. The third-order valence-corrected chi connectivity index (χ3v) is 2.76. The monoisotopic (exact) mass is 255 g/mol. The Bertz CT molecular complexity index is 565. The van der Waals surface area contributed by atoms with Crippen LogP contribution in [0.5, 0.6) is 0 Å². The number of anilines is 2. The van der Waals surface area contributed by atoms with Crippen LogP contribution in [0.3, 0.4) is 0 Å². The summed E-state index contributed by atoms with van der Waals surface area (Å²) < 4.78 is 0. The molecular formula is C13H13N5O. The summed E-state index contributed by atoms with van der Waals surface area (Å²) in [6.45, 7) is 0. The van der Waals surface area contributed by atoms with Crippen LogP contribution >= 0.6 is 0 Å². The smallest absolute Gasteiger partial charge is 0.258 e. The van der Waals surface area contributed by atoms with Gasteiger partial charge in [-0.05, 0) is 37.1 Å². The third-order valence-electron chi connectivity index (χ3n) is 2.76. The molecule has 2 N–H and O–H groups in total. The standard InChI is InChI=1S/C13H13N5O/c19-13(9-2-1-7-14-8-9)16-12-6-5-11(17-18-12)15-10-3-4-10/h1-2,5-8,10H,3-4H2,(H,15,17)(H,16,18,19). The summed E-state index contributed by atoms with van der Waals surface area (Å²) in [6, 6.07) is 7.48. The first-order valence-electron chi connectivity index (χ1n) is 6.13. The van der Waals surface area contributed by atoms with Gasteiger partial charge in [-0.15, -0.1) is 10.2 Å². The fourth-order valence-electron chi connectivity index (χ4n) is 1.60. The molecule has 1 saturated carbocycles. The van der Waals surface area contributed by atoms with Gasteiger partial charge in [0.15, 0.2) is 5.82 Å². The van der Waals surface area contributed by atoms with E-state index in [9.17, 15) is 4.79 Å². The summed E-state index contributed by atoms with van der Waals surface area (Å²) in [6.07, 6.45) is 5.49. The van der Waals surface area contributed by atoms with E-state index < -0.39 is 0 Å². The van der Waals surface area contributed by atoms with Crippen molar-refractivity contribution in [3.05, 3.63) is 42.2 Å². The molecule has 0 atom stereocenters. The number of amides is 1. The minimum absolute atomic E-state index is 0.245. The van der Waals surface area contributed by atoms with Crippen molar-refractivity contribution in [2.45, 2.75) is 18.9 Å². The minimum Gasteiger partial charge on any atom is -0.366 e. The fourth-order valence-corrected chi connectivity index (χ4v) is 1.60. The van der Waals surface area contributed by atoms with Crippen molar-refractivity contribution in [2.75, 3.05) is 10.6 Å². The van der Waals surface area contributed by atoms with Gasteiger partial charge in [0.05, 0.1) is 5.56 Å². The molecule has 1 aliphatic carbocycles. The zero-order valence-electron chi connectivity index (χ0n) is 10.2. The van der Waals surface area contributed by atoms with E-state index in [-0.39, 0.29) is 5.91 Å². The zero-order chi connectivity index (χ0) is 13.1. The van der Waals surface area contributed by atoms with E-state index in [1.807, 2.05) is 6.07 Å². The highest BCUT2D eigenvalue weighted by Crippen LogP contribution is 2.23. The van der Waals surface area contributed by atoms with Gasteiger partial charge in [-0.2, -0.15) is 0 Å². The molecule has 6 heteroatoms. The van der Waals surface area contributed by atoms with Crippen LogP contribution in [0.2, 0.25) is 0 Å². The number of carbonyl (C=O) groups excluding carboxylic acids is 1. The average Bonchev–Trinajstić information content (AvgIpc) is 3.26. The van der Waals surface area contributed by atoms with Crippen molar-refractivity contribution in [1.82, 2.24) is 15.2 Å². The maximum atomic E-state index is 11.9. The molecule has 0 unspecified atom stereocenters. The first kappa shape index (κ1) is 11.6. The van der Waals surface area contributed by atoms with Crippen LogP contribution < -0.4 is 10.6 Å². The number of pyridine rings is 1. The van der Waals surface area contributed by atoms with Gasteiger partial charge in [-0.1, -0.05) is 0 Å². The van der Waals surface area contributed by atoms with E-state index in [4.69, 9.17) is 0 Å². The summed E-state index contributed by atoms with van der Waals surface area (Å²) in [4.78, 5) is 15.7. The molecule has 0 aliphatic heterocycles. The number of rotatable bonds is 4. The van der Waals surface area contributed by atoms with Crippen molar-refractivity contribution >= 4 is 17.5 Å². The number of hydrogen-bond acceptors (Lipinski definition) is 5. The molecule has 0 saturated heterocycles. The minimum atomic E-state index is -0.245. The first-order valence-corrected chi connectivity index (χ1v) is 6.13. The van der Waals surface area contributed by atoms with E-state index in [1.54, 1.807) is 24.4 Å². The summed E-state index contributed by atoms with van der Waals surface area (Å²) in [5.41, 5.74) is 0.490. The maximum Gasteiger partial charge on any atom is 0.258 e. The van der Waals surface area contributed by atoms with Gasteiger partial charge in [0.1, 0.15) is 5.82 Å². The van der Waals surface area contributed by atoms with Crippen molar-refractivity contribution in [3.63, 3.8) is 0 Å². The van der Waals surface area contributed by atoms with Gasteiger partial charge >= 0.3 is 0 Å². The van der Waals surface area contributed by atoms with E-state index in [0.717, 1.165) is 5.82 Å². The molecule has 2 heterocycles. The predicted molar refractivity (Wildman–Crippen MR) is 70.9 cm³/mol. The van der Waals surface area contributed by atoms with Crippen molar-refractivity contribution in [1.29, 1.82) is 0 Å². The average molecular weight is 255 g/mol. The van der Waals surface area contributed by atoms with Crippen LogP contribution in [-0.2, 0) is 0 Å². The zero-order valence-corrected chi connectivity index (χ0v) is 10.2. The maximum absolute atomic E-state index is 11.9. The normalized spacial score (nSPS) is 13.9. The molecule has 19 heavy (non-hydrogen) atoms. The van der Waals surface area contributed by atoms with Gasteiger partial charge in [-0.25, -0.2) is 0 Å². The highest BCUT2D eigenvalue weighted by atomic mass is 16.1. The largest absolute Gasteiger partial charge is 0.366 e. The molecule has 96 valence electrons. The number of nitrogens with one attached hydrogen (secondary N) is 2. The van der Waals surface area contributed by atoms with Crippen LogP contribution in [0.15, 0.2) is 36.7 Å². The molecule has 0 aromatic carbocycles. The lowest BCUT2D eigenvalue weighted by molar-refractivity contribution is 0.102. The van der Waals surface area contributed by atoms with Crippen molar-refractivity contribution < 1.29 is 4.79 Å². The summed E-state index contributed by atoms with van der Waals surface area (Å²) in [7, 11) is 0. The fraction of sp³-hybridized carbons (Fsp3) is 0.231. The molecule has 1 aliphatic rings. The second-order valence-corrected chi connectivity index (χ2v) is 4.42. The lowest BCUT2D eigenvalue weighted by atomic mass is 10.3. The molecule has 2 aromatic rings. The summed E-state index contributed by atoms with van der Waals surface area (Å²) in [5, 5.41) is 13.9. The number of hydrogen-bond donors (Lipinski definition) is 2. The number of aromatic nitrogens is 3. The Balaban J connectivity index is 1.64. The Morgan fingerprint density at radius 2 is 1.95 bits per heavy atom. The molecule has 0 spiro atoms.